The monoisotopic (exact) mass is 235 g/mol. The number of aromatic nitrogens is 4. The van der Waals surface area contributed by atoms with Crippen LogP contribution < -0.4 is 5.32 Å². The van der Waals surface area contributed by atoms with Crippen molar-refractivity contribution < 1.29 is 9.18 Å². The van der Waals surface area contributed by atoms with Crippen LogP contribution >= 0.6 is 0 Å². The highest BCUT2D eigenvalue weighted by Gasteiger charge is 2.10. The maximum atomic E-state index is 13.2. The maximum absolute atomic E-state index is 13.2. The van der Waals surface area contributed by atoms with Gasteiger partial charge in [-0.25, -0.2) is 4.39 Å². The largest absolute Gasteiger partial charge is 0.345 e. The molecule has 0 fully saturated rings. The quantitative estimate of drug-likeness (QED) is 0.815. The van der Waals surface area contributed by atoms with Crippen LogP contribution in [0.15, 0.2) is 18.2 Å². The van der Waals surface area contributed by atoms with Gasteiger partial charge in [0.05, 0.1) is 0 Å². The van der Waals surface area contributed by atoms with Gasteiger partial charge in [0.2, 0.25) is 0 Å². The molecule has 1 aromatic heterocycles. The summed E-state index contributed by atoms with van der Waals surface area (Å²) in [5.41, 5.74) is 1.24. The van der Waals surface area contributed by atoms with Gasteiger partial charge in [-0.3, -0.25) is 4.79 Å². The number of hydrogen-bond donors (Lipinski definition) is 2. The van der Waals surface area contributed by atoms with Crippen molar-refractivity contribution in [3.8, 4) is 0 Å². The third-order valence-electron chi connectivity index (χ3n) is 2.24. The van der Waals surface area contributed by atoms with Gasteiger partial charge < -0.3 is 5.32 Å². The minimum absolute atomic E-state index is 0.0439. The summed E-state index contributed by atoms with van der Waals surface area (Å²) in [6.07, 6.45) is 0. The van der Waals surface area contributed by atoms with Crippen molar-refractivity contribution in [2.75, 3.05) is 0 Å². The van der Waals surface area contributed by atoms with Gasteiger partial charge in [-0.15, -0.1) is 10.2 Å². The smallest absolute Gasteiger partial charge is 0.293 e. The molecule has 0 spiro atoms. The average molecular weight is 235 g/mol. The molecular weight excluding hydrogens is 225 g/mol. The molecule has 0 aliphatic carbocycles. The minimum Gasteiger partial charge on any atom is -0.345 e. The van der Waals surface area contributed by atoms with Crippen LogP contribution in [-0.4, -0.2) is 26.5 Å². The molecule has 2 rings (SSSR count). The van der Waals surface area contributed by atoms with Crippen molar-refractivity contribution in [3.05, 3.63) is 41.0 Å². The number of aromatic amines is 1. The fraction of sp³-hybridized carbons (Fsp3) is 0.200. The zero-order valence-electron chi connectivity index (χ0n) is 9.07. The van der Waals surface area contributed by atoms with E-state index in [-0.39, 0.29) is 18.2 Å². The lowest BCUT2D eigenvalue weighted by atomic mass is 10.1. The van der Waals surface area contributed by atoms with E-state index in [1.165, 1.54) is 6.07 Å². The Hall–Kier alpha value is -2.31. The molecule has 0 aliphatic heterocycles. The summed E-state index contributed by atoms with van der Waals surface area (Å²) in [6, 6.07) is 4.78. The molecule has 2 N–H and O–H groups in total. The maximum Gasteiger partial charge on any atom is 0.293 e. The summed E-state index contributed by atoms with van der Waals surface area (Å²) in [5.74, 6) is -0.798. The molecule has 2 aromatic rings. The van der Waals surface area contributed by atoms with Crippen LogP contribution in [0, 0.1) is 12.7 Å². The van der Waals surface area contributed by atoms with Gasteiger partial charge in [0.15, 0.2) is 0 Å². The Morgan fingerprint density at radius 2 is 2.35 bits per heavy atom. The number of carbonyl (C=O) groups is 1. The van der Waals surface area contributed by atoms with Crippen molar-refractivity contribution in [2.45, 2.75) is 13.5 Å². The Morgan fingerprint density at radius 1 is 1.53 bits per heavy atom. The Morgan fingerprint density at radius 3 is 3.00 bits per heavy atom. The molecule has 6 nitrogen and oxygen atoms in total. The number of nitrogens with one attached hydrogen (secondary N) is 2. The summed E-state index contributed by atoms with van der Waals surface area (Å²) in [5, 5.41) is 15.1. The second-order valence-corrected chi connectivity index (χ2v) is 3.50. The van der Waals surface area contributed by atoms with Gasteiger partial charge in [-0.2, -0.15) is 5.21 Å². The van der Waals surface area contributed by atoms with Crippen LogP contribution in [0.5, 0.6) is 0 Å². The third kappa shape index (κ3) is 2.63. The van der Waals surface area contributed by atoms with Crippen LogP contribution in [0.3, 0.4) is 0 Å². The summed E-state index contributed by atoms with van der Waals surface area (Å²) in [7, 11) is 0. The van der Waals surface area contributed by atoms with E-state index in [1.807, 2.05) is 0 Å². The fourth-order valence-corrected chi connectivity index (χ4v) is 1.27. The normalized spacial score (nSPS) is 10.2. The SMILES string of the molecule is Cc1ccc(CNC(=O)c2nn[nH]n2)cc1F. The number of hydrogen-bond acceptors (Lipinski definition) is 4. The van der Waals surface area contributed by atoms with Crippen molar-refractivity contribution in [3.63, 3.8) is 0 Å². The Kier molecular flexibility index (Phi) is 3.08. The van der Waals surface area contributed by atoms with Crippen LogP contribution in [0.4, 0.5) is 4.39 Å². The first kappa shape index (κ1) is 11.2. The average Bonchev–Trinajstić information content (AvgIpc) is 2.84. The Bertz CT molecular complexity index is 525. The number of aryl methyl sites for hydroxylation is 1. The highest BCUT2D eigenvalue weighted by atomic mass is 19.1. The zero-order valence-corrected chi connectivity index (χ0v) is 9.07. The van der Waals surface area contributed by atoms with Crippen molar-refractivity contribution in [1.29, 1.82) is 0 Å². The number of rotatable bonds is 3. The number of halogens is 1. The van der Waals surface area contributed by atoms with Crippen LogP contribution in [0.1, 0.15) is 21.7 Å². The first-order valence-electron chi connectivity index (χ1n) is 4.93. The Labute approximate surface area is 96.2 Å². The van der Waals surface area contributed by atoms with E-state index < -0.39 is 5.91 Å². The molecule has 0 aliphatic rings. The Balaban J connectivity index is 1.98. The molecule has 1 heterocycles. The topological polar surface area (TPSA) is 83.6 Å². The van der Waals surface area contributed by atoms with Gasteiger partial charge >= 0.3 is 0 Å². The molecule has 0 saturated heterocycles. The van der Waals surface area contributed by atoms with Crippen LogP contribution in [0.25, 0.3) is 0 Å². The second-order valence-electron chi connectivity index (χ2n) is 3.50. The molecule has 0 bridgehead atoms. The summed E-state index contributed by atoms with van der Waals surface area (Å²) in [6.45, 7) is 1.89. The molecular formula is C10H10FN5O. The number of amides is 1. The van der Waals surface area contributed by atoms with Crippen molar-refractivity contribution in [2.24, 2.45) is 0 Å². The van der Waals surface area contributed by atoms with Gasteiger partial charge in [-0.05, 0) is 29.3 Å². The van der Waals surface area contributed by atoms with Gasteiger partial charge in [0, 0.05) is 6.54 Å². The lowest BCUT2D eigenvalue weighted by molar-refractivity contribution is 0.0940. The minimum atomic E-state index is -0.459. The van der Waals surface area contributed by atoms with Crippen molar-refractivity contribution in [1.82, 2.24) is 25.9 Å². The number of nitrogens with zero attached hydrogens (tertiary/aromatic N) is 3. The molecule has 1 amide bonds. The molecule has 0 atom stereocenters. The summed E-state index contributed by atoms with van der Waals surface area (Å²) < 4.78 is 13.2. The van der Waals surface area contributed by atoms with E-state index in [0.29, 0.717) is 11.1 Å². The van der Waals surface area contributed by atoms with E-state index in [4.69, 9.17) is 0 Å². The molecule has 88 valence electrons. The summed E-state index contributed by atoms with van der Waals surface area (Å²) in [4.78, 5) is 11.4. The third-order valence-corrected chi connectivity index (χ3v) is 2.24. The van der Waals surface area contributed by atoms with Gasteiger partial charge in [0.1, 0.15) is 5.82 Å². The van der Waals surface area contributed by atoms with Gasteiger partial charge in [-0.1, -0.05) is 12.1 Å². The van der Waals surface area contributed by atoms with E-state index in [9.17, 15) is 9.18 Å². The highest BCUT2D eigenvalue weighted by Crippen LogP contribution is 2.08. The molecule has 7 heteroatoms. The molecule has 17 heavy (non-hydrogen) atoms. The predicted octanol–water partition coefficient (Wildman–Crippen LogP) is 0.577. The van der Waals surface area contributed by atoms with Crippen LogP contribution in [-0.2, 0) is 6.54 Å². The number of H-pyrrole nitrogens is 1. The predicted molar refractivity (Wildman–Crippen MR) is 56.5 cm³/mol. The number of tetrazole rings is 1. The first-order valence-corrected chi connectivity index (χ1v) is 4.93. The van der Waals surface area contributed by atoms with E-state index >= 15 is 0 Å². The molecule has 0 unspecified atom stereocenters. The zero-order chi connectivity index (χ0) is 12.3. The standard InChI is InChI=1S/C10H10FN5O/c1-6-2-3-7(4-8(6)11)5-12-10(17)9-13-15-16-14-9/h2-4H,5H2,1H3,(H,12,17)(H,13,14,15,16). The lowest BCUT2D eigenvalue weighted by Gasteiger charge is -2.04. The summed E-state index contributed by atoms with van der Waals surface area (Å²) >= 11 is 0. The van der Waals surface area contributed by atoms with Crippen molar-refractivity contribution >= 4 is 5.91 Å². The lowest BCUT2D eigenvalue weighted by Crippen LogP contribution is -2.24. The first-order chi connectivity index (χ1) is 8.16. The van der Waals surface area contributed by atoms with E-state index in [1.54, 1.807) is 19.1 Å². The highest BCUT2D eigenvalue weighted by molar-refractivity contribution is 5.89. The second kappa shape index (κ2) is 4.69. The van der Waals surface area contributed by atoms with Gasteiger partial charge in [0.25, 0.3) is 11.7 Å². The van der Waals surface area contributed by atoms with E-state index in [0.717, 1.165) is 0 Å². The van der Waals surface area contributed by atoms with E-state index in [2.05, 4.69) is 25.9 Å². The molecule has 0 radical (unpaired) electrons. The molecule has 1 aromatic carbocycles. The van der Waals surface area contributed by atoms with Crippen LogP contribution in [0.2, 0.25) is 0 Å². The fourth-order valence-electron chi connectivity index (χ4n) is 1.27. The molecule has 0 saturated carbocycles. The number of benzene rings is 1. The number of carbonyl (C=O) groups excluding carboxylic acids is 1.